The van der Waals surface area contributed by atoms with Crippen LogP contribution in [0.5, 0.6) is 0 Å². The summed E-state index contributed by atoms with van der Waals surface area (Å²) in [5.74, 6) is 0.0156. The minimum atomic E-state index is -0.0785. The SMILES string of the molecule is CCC.CCC.CCCCC/C=C\C/C=C\CCCCCCCCC(CCCCCCCC/C=C\C/C=C\CCCCC)C(N)=O. The third-order valence-electron chi connectivity index (χ3n) is 7.91. The molecule has 0 rings (SSSR count). The molecule has 46 heavy (non-hydrogen) atoms. The number of carbonyl (C=O) groups is 1. The highest BCUT2D eigenvalue weighted by atomic mass is 16.1. The van der Waals surface area contributed by atoms with Crippen molar-refractivity contribution >= 4 is 5.91 Å². The first-order chi connectivity index (χ1) is 22.5. The zero-order valence-corrected chi connectivity index (χ0v) is 32.5. The molecule has 0 fully saturated rings. The molecule has 0 aromatic carbocycles. The molecule has 0 aliphatic rings. The average molecular weight is 644 g/mol. The number of allylic oxidation sites excluding steroid dienone is 8. The van der Waals surface area contributed by atoms with Gasteiger partial charge in [0, 0.05) is 5.92 Å². The summed E-state index contributed by atoms with van der Waals surface area (Å²) in [5.41, 5.74) is 5.71. The van der Waals surface area contributed by atoms with Gasteiger partial charge in [-0.3, -0.25) is 4.79 Å². The summed E-state index contributed by atoms with van der Waals surface area (Å²) in [5, 5.41) is 0. The van der Waals surface area contributed by atoms with Gasteiger partial charge < -0.3 is 5.73 Å². The molecule has 0 aromatic heterocycles. The number of rotatable bonds is 31. The van der Waals surface area contributed by atoms with Crippen LogP contribution in [-0.4, -0.2) is 5.91 Å². The number of primary amides is 1. The zero-order valence-electron chi connectivity index (χ0n) is 32.5. The van der Waals surface area contributed by atoms with Crippen LogP contribution in [0.1, 0.15) is 221 Å². The van der Waals surface area contributed by atoms with Crippen molar-refractivity contribution < 1.29 is 4.79 Å². The van der Waals surface area contributed by atoms with E-state index in [1.807, 2.05) is 0 Å². The van der Waals surface area contributed by atoms with Gasteiger partial charge in [-0.2, -0.15) is 0 Å². The second-order valence-corrected chi connectivity index (χ2v) is 13.3. The minimum Gasteiger partial charge on any atom is -0.369 e. The molecule has 0 bridgehead atoms. The fourth-order valence-corrected chi connectivity index (χ4v) is 5.19. The highest BCUT2D eigenvalue weighted by molar-refractivity contribution is 5.76. The van der Waals surface area contributed by atoms with Crippen LogP contribution in [0.4, 0.5) is 0 Å². The minimum absolute atomic E-state index is 0.0785. The van der Waals surface area contributed by atoms with Gasteiger partial charge in [-0.15, -0.1) is 0 Å². The van der Waals surface area contributed by atoms with Crippen LogP contribution in [0, 0.1) is 5.92 Å². The van der Waals surface area contributed by atoms with Gasteiger partial charge in [-0.25, -0.2) is 0 Å². The van der Waals surface area contributed by atoms with Crippen LogP contribution in [0.25, 0.3) is 0 Å². The molecule has 272 valence electrons. The fraction of sp³-hybridized carbons (Fsp3) is 0.795. The van der Waals surface area contributed by atoms with E-state index in [1.54, 1.807) is 0 Å². The van der Waals surface area contributed by atoms with E-state index in [1.165, 1.54) is 141 Å². The van der Waals surface area contributed by atoms with E-state index in [0.29, 0.717) is 0 Å². The average Bonchev–Trinajstić information content (AvgIpc) is 3.04. The Morgan fingerprint density at radius 2 is 0.674 bits per heavy atom. The predicted octanol–water partition coefficient (Wildman–Crippen LogP) is 15.3. The van der Waals surface area contributed by atoms with Gasteiger partial charge in [-0.1, -0.05) is 193 Å². The second-order valence-electron chi connectivity index (χ2n) is 13.3. The van der Waals surface area contributed by atoms with Crippen LogP contribution < -0.4 is 5.73 Å². The molecular weight excluding hydrogens is 558 g/mol. The van der Waals surface area contributed by atoms with E-state index in [4.69, 9.17) is 5.73 Å². The van der Waals surface area contributed by atoms with Gasteiger partial charge >= 0.3 is 0 Å². The molecule has 0 heterocycles. The van der Waals surface area contributed by atoms with E-state index in [0.717, 1.165) is 38.5 Å². The van der Waals surface area contributed by atoms with Gasteiger partial charge in [0.05, 0.1) is 0 Å². The first-order valence-corrected chi connectivity index (χ1v) is 20.4. The Bertz CT molecular complexity index is 609. The Kier molecular flexibility index (Phi) is 50.8. The lowest BCUT2D eigenvalue weighted by atomic mass is 9.93. The van der Waals surface area contributed by atoms with Crippen LogP contribution in [-0.2, 0) is 4.79 Å². The van der Waals surface area contributed by atoms with Gasteiger partial charge in [0.25, 0.3) is 0 Å². The van der Waals surface area contributed by atoms with Gasteiger partial charge in [0.2, 0.25) is 5.91 Å². The van der Waals surface area contributed by atoms with Gasteiger partial charge in [0.15, 0.2) is 0 Å². The molecule has 0 saturated carbocycles. The highest BCUT2D eigenvalue weighted by Crippen LogP contribution is 2.19. The summed E-state index contributed by atoms with van der Waals surface area (Å²) in [6.45, 7) is 13.0. The van der Waals surface area contributed by atoms with E-state index in [2.05, 4.69) is 90.2 Å². The van der Waals surface area contributed by atoms with E-state index < -0.39 is 0 Å². The van der Waals surface area contributed by atoms with Crippen LogP contribution in [0.15, 0.2) is 48.6 Å². The lowest BCUT2D eigenvalue weighted by Gasteiger charge is -2.13. The number of unbranched alkanes of at least 4 members (excludes halogenated alkanes) is 18. The van der Waals surface area contributed by atoms with Crippen molar-refractivity contribution in [2.45, 2.75) is 221 Å². The van der Waals surface area contributed by atoms with Crippen molar-refractivity contribution in [1.82, 2.24) is 0 Å². The topological polar surface area (TPSA) is 43.1 Å². The van der Waals surface area contributed by atoms with Crippen molar-refractivity contribution in [1.29, 1.82) is 0 Å². The maximum Gasteiger partial charge on any atom is 0.220 e. The molecular formula is C44H85NO. The largest absolute Gasteiger partial charge is 0.369 e. The normalized spacial score (nSPS) is 11.5. The highest BCUT2D eigenvalue weighted by Gasteiger charge is 2.14. The number of carbonyl (C=O) groups excluding carboxylic acids is 1. The predicted molar refractivity (Wildman–Crippen MR) is 213 cm³/mol. The fourth-order valence-electron chi connectivity index (χ4n) is 5.19. The summed E-state index contributed by atoms with van der Waals surface area (Å²) in [4.78, 5) is 11.9. The Morgan fingerprint density at radius 1 is 0.413 bits per heavy atom. The van der Waals surface area contributed by atoms with Gasteiger partial charge in [-0.05, 0) is 77.0 Å². The third-order valence-corrected chi connectivity index (χ3v) is 7.91. The maximum atomic E-state index is 11.9. The molecule has 0 aromatic rings. The lowest BCUT2D eigenvalue weighted by molar-refractivity contribution is -0.122. The summed E-state index contributed by atoms with van der Waals surface area (Å²) in [7, 11) is 0. The summed E-state index contributed by atoms with van der Waals surface area (Å²) in [6.07, 6.45) is 53.4. The van der Waals surface area contributed by atoms with E-state index in [-0.39, 0.29) is 11.8 Å². The molecule has 2 heteroatoms. The molecule has 0 spiro atoms. The van der Waals surface area contributed by atoms with Crippen LogP contribution in [0.3, 0.4) is 0 Å². The number of hydrogen-bond donors (Lipinski definition) is 1. The molecule has 0 unspecified atom stereocenters. The van der Waals surface area contributed by atoms with E-state index in [9.17, 15) is 4.79 Å². The van der Waals surface area contributed by atoms with Crippen LogP contribution >= 0.6 is 0 Å². The summed E-state index contributed by atoms with van der Waals surface area (Å²) in [6, 6.07) is 0. The number of hydrogen-bond acceptors (Lipinski definition) is 1. The van der Waals surface area contributed by atoms with Crippen LogP contribution in [0.2, 0.25) is 0 Å². The Hall–Kier alpha value is -1.57. The molecule has 2 nitrogen and oxygen atoms in total. The lowest BCUT2D eigenvalue weighted by Crippen LogP contribution is -2.23. The van der Waals surface area contributed by atoms with Crippen molar-refractivity contribution in [2.75, 3.05) is 0 Å². The Balaban J connectivity index is -0.00000283. The molecule has 1 amide bonds. The Labute approximate surface area is 291 Å². The van der Waals surface area contributed by atoms with Gasteiger partial charge in [0.1, 0.15) is 0 Å². The van der Waals surface area contributed by atoms with Crippen molar-refractivity contribution in [2.24, 2.45) is 11.7 Å². The smallest absolute Gasteiger partial charge is 0.220 e. The van der Waals surface area contributed by atoms with E-state index >= 15 is 0 Å². The summed E-state index contributed by atoms with van der Waals surface area (Å²) < 4.78 is 0. The third kappa shape index (κ3) is 49.3. The summed E-state index contributed by atoms with van der Waals surface area (Å²) >= 11 is 0. The first kappa shape index (κ1) is 48.8. The van der Waals surface area contributed by atoms with Crippen molar-refractivity contribution in [3.8, 4) is 0 Å². The number of nitrogens with two attached hydrogens (primary N) is 1. The molecule has 0 atom stereocenters. The molecule has 0 aliphatic heterocycles. The molecule has 0 saturated heterocycles. The van der Waals surface area contributed by atoms with Crippen molar-refractivity contribution in [3.63, 3.8) is 0 Å². The first-order valence-electron chi connectivity index (χ1n) is 20.4. The monoisotopic (exact) mass is 644 g/mol. The number of amides is 1. The van der Waals surface area contributed by atoms with Crippen molar-refractivity contribution in [3.05, 3.63) is 48.6 Å². The molecule has 0 aliphatic carbocycles. The second kappa shape index (κ2) is 47.8. The zero-order chi connectivity index (χ0) is 34.6. The molecule has 0 radical (unpaired) electrons. The standard InChI is InChI=1S/C38H69NO.2C3H8/c1-3-5-7-9-11-13-15-17-19-21-23-25-27-29-31-33-35-37(38(39)40)36-34-32-30-28-26-24-22-20-18-16-14-12-10-8-6-4-2;2*1-3-2/h11-14,17-20,37H,3-10,15-16,21-36H2,1-2H3,(H2,39,40);2*3H2,1-2H3/b13-11-,14-12-,19-17-,20-18-;;. The molecule has 2 N–H and O–H groups in total. The quantitative estimate of drug-likeness (QED) is 0.0593. The Morgan fingerprint density at radius 3 is 0.957 bits per heavy atom. The maximum absolute atomic E-state index is 11.9.